The zero-order valence-corrected chi connectivity index (χ0v) is 12.0. The van der Waals surface area contributed by atoms with Gasteiger partial charge in [0.2, 0.25) is 0 Å². The second kappa shape index (κ2) is 4.73. The molecule has 1 heterocycles. The van der Waals surface area contributed by atoms with Gasteiger partial charge in [-0.15, -0.1) is 0 Å². The fourth-order valence-corrected chi connectivity index (χ4v) is 4.59. The Balaban J connectivity index is 2.28. The highest BCUT2D eigenvalue weighted by Crippen LogP contribution is 2.31. The Hall–Kier alpha value is -1.08. The Bertz CT molecular complexity index is 591. The smallest absolute Gasteiger partial charge is 0.303 e. The molecule has 0 aromatic heterocycles. The molecule has 20 heavy (non-hydrogen) atoms. The summed E-state index contributed by atoms with van der Waals surface area (Å²) in [7, 11) is -3.21. The Morgan fingerprint density at radius 3 is 2.20 bits per heavy atom. The second-order valence-corrected chi connectivity index (χ2v) is 7.86. The van der Waals surface area contributed by atoms with Crippen molar-refractivity contribution in [2.75, 3.05) is 11.5 Å². The van der Waals surface area contributed by atoms with Crippen molar-refractivity contribution >= 4 is 9.84 Å². The molecule has 0 aliphatic carbocycles. The van der Waals surface area contributed by atoms with E-state index in [0.29, 0.717) is 5.56 Å². The van der Waals surface area contributed by atoms with Gasteiger partial charge < -0.3 is 5.32 Å². The Morgan fingerprint density at radius 1 is 1.20 bits per heavy atom. The van der Waals surface area contributed by atoms with E-state index in [2.05, 4.69) is 5.32 Å². The van der Waals surface area contributed by atoms with Gasteiger partial charge in [0.15, 0.2) is 9.84 Å². The Kier molecular flexibility index (Phi) is 3.62. The monoisotopic (exact) mass is 307 g/mol. The van der Waals surface area contributed by atoms with Gasteiger partial charge in [-0.2, -0.15) is 13.2 Å². The molecule has 112 valence electrons. The summed E-state index contributed by atoms with van der Waals surface area (Å²) in [4.78, 5) is 0. The first-order valence-corrected chi connectivity index (χ1v) is 7.96. The van der Waals surface area contributed by atoms with Crippen molar-refractivity contribution in [2.24, 2.45) is 0 Å². The minimum Gasteiger partial charge on any atom is -0.303 e. The van der Waals surface area contributed by atoms with Gasteiger partial charge in [-0.1, -0.05) is 12.1 Å². The number of sulfone groups is 1. The summed E-state index contributed by atoms with van der Waals surface area (Å²) in [6.07, 6.45) is -4.39. The molecule has 0 radical (unpaired) electrons. The molecule has 1 unspecified atom stereocenters. The molecule has 7 heteroatoms. The van der Waals surface area contributed by atoms with Gasteiger partial charge >= 0.3 is 6.18 Å². The molecule has 1 aromatic carbocycles. The van der Waals surface area contributed by atoms with Gasteiger partial charge in [0, 0.05) is 11.6 Å². The van der Waals surface area contributed by atoms with Crippen molar-refractivity contribution in [3.63, 3.8) is 0 Å². The lowest BCUT2D eigenvalue weighted by Gasteiger charge is -2.37. The van der Waals surface area contributed by atoms with Crippen molar-refractivity contribution in [1.29, 1.82) is 0 Å². The molecule has 0 saturated carbocycles. The quantitative estimate of drug-likeness (QED) is 0.867. The summed E-state index contributed by atoms with van der Waals surface area (Å²) >= 11 is 0. The molecule has 1 atom stereocenters. The average molecular weight is 307 g/mol. The third-order valence-corrected chi connectivity index (χ3v) is 5.21. The van der Waals surface area contributed by atoms with Crippen LogP contribution in [-0.4, -0.2) is 25.5 Å². The third kappa shape index (κ3) is 3.52. The molecular formula is C13H16F3NO2S. The van der Waals surface area contributed by atoms with Crippen LogP contribution < -0.4 is 5.32 Å². The minimum atomic E-state index is -4.39. The van der Waals surface area contributed by atoms with Crippen molar-refractivity contribution in [1.82, 2.24) is 5.32 Å². The highest BCUT2D eigenvalue weighted by atomic mass is 32.2. The Morgan fingerprint density at radius 2 is 1.75 bits per heavy atom. The molecule has 1 aromatic rings. The van der Waals surface area contributed by atoms with Crippen LogP contribution in [0.25, 0.3) is 0 Å². The standard InChI is InChI=1S/C13H16F3NO2S/c1-12(2)8-20(18,19)7-11(17-12)9-3-5-10(6-4-9)13(14,15)16/h3-6,11,17H,7-8H2,1-2H3. The van der Waals surface area contributed by atoms with E-state index < -0.39 is 33.2 Å². The molecular weight excluding hydrogens is 291 g/mol. The van der Waals surface area contributed by atoms with Gasteiger partial charge in [0.05, 0.1) is 17.1 Å². The number of hydrogen-bond acceptors (Lipinski definition) is 3. The van der Waals surface area contributed by atoms with Crippen LogP contribution in [0.4, 0.5) is 13.2 Å². The van der Waals surface area contributed by atoms with Crippen LogP contribution in [-0.2, 0) is 16.0 Å². The van der Waals surface area contributed by atoms with Gasteiger partial charge in [-0.25, -0.2) is 8.42 Å². The SMILES string of the molecule is CC1(C)CS(=O)(=O)CC(c2ccc(C(F)(F)F)cc2)N1. The molecule has 1 fully saturated rings. The van der Waals surface area contributed by atoms with E-state index >= 15 is 0 Å². The summed E-state index contributed by atoms with van der Waals surface area (Å²) in [5.41, 5.74) is -0.779. The number of alkyl halides is 3. The number of halogens is 3. The van der Waals surface area contributed by atoms with Crippen molar-refractivity contribution in [3.05, 3.63) is 35.4 Å². The van der Waals surface area contributed by atoms with Crippen LogP contribution in [0.5, 0.6) is 0 Å². The van der Waals surface area contributed by atoms with Crippen LogP contribution in [0, 0.1) is 0 Å². The average Bonchev–Trinajstić information content (AvgIpc) is 2.24. The van der Waals surface area contributed by atoms with Crippen LogP contribution in [0.15, 0.2) is 24.3 Å². The fourth-order valence-electron chi connectivity index (χ4n) is 2.50. The molecule has 0 spiro atoms. The van der Waals surface area contributed by atoms with Gasteiger partial charge in [-0.05, 0) is 31.5 Å². The lowest BCUT2D eigenvalue weighted by atomic mass is 10.0. The van der Waals surface area contributed by atoms with E-state index in [4.69, 9.17) is 0 Å². The lowest BCUT2D eigenvalue weighted by molar-refractivity contribution is -0.137. The van der Waals surface area contributed by atoms with Crippen LogP contribution in [0.2, 0.25) is 0 Å². The van der Waals surface area contributed by atoms with Crippen molar-refractivity contribution < 1.29 is 21.6 Å². The third-order valence-electron chi connectivity index (χ3n) is 3.21. The van der Waals surface area contributed by atoms with Gasteiger partial charge in [-0.3, -0.25) is 0 Å². The summed E-state index contributed by atoms with van der Waals surface area (Å²) in [6, 6.07) is 4.14. The first-order chi connectivity index (χ1) is 8.99. The minimum absolute atomic E-state index is 0.0249. The van der Waals surface area contributed by atoms with E-state index in [0.717, 1.165) is 12.1 Å². The van der Waals surface area contributed by atoms with Crippen LogP contribution >= 0.6 is 0 Å². The highest BCUT2D eigenvalue weighted by Gasteiger charge is 2.37. The van der Waals surface area contributed by atoms with Gasteiger partial charge in [0.25, 0.3) is 0 Å². The Labute approximate surface area is 116 Å². The van der Waals surface area contributed by atoms with Crippen molar-refractivity contribution in [2.45, 2.75) is 31.6 Å². The zero-order chi connectivity index (χ0) is 15.2. The molecule has 3 nitrogen and oxygen atoms in total. The largest absolute Gasteiger partial charge is 0.416 e. The second-order valence-electron chi connectivity index (χ2n) is 5.76. The normalized spacial score (nSPS) is 25.4. The van der Waals surface area contributed by atoms with E-state index in [-0.39, 0.29) is 11.5 Å². The van der Waals surface area contributed by atoms with E-state index in [1.807, 2.05) is 0 Å². The van der Waals surface area contributed by atoms with Crippen LogP contribution in [0.3, 0.4) is 0 Å². The van der Waals surface area contributed by atoms with E-state index in [1.165, 1.54) is 12.1 Å². The van der Waals surface area contributed by atoms with Gasteiger partial charge in [0.1, 0.15) is 0 Å². The molecule has 1 aliphatic rings. The predicted octanol–water partition coefficient (Wildman–Crippen LogP) is 2.54. The lowest BCUT2D eigenvalue weighted by Crippen LogP contribution is -2.54. The number of nitrogens with one attached hydrogen (secondary N) is 1. The predicted molar refractivity (Wildman–Crippen MR) is 70.1 cm³/mol. The molecule has 0 amide bonds. The molecule has 1 saturated heterocycles. The molecule has 0 bridgehead atoms. The summed E-state index contributed by atoms with van der Waals surface area (Å²) in [6.45, 7) is 3.53. The highest BCUT2D eigenvalue weighted by molar-refractivity contribution is 7.91. The zero-order valence-electron chi connectivity index (χ0n) is 11.2. The maximum atomic E-state index is 12.5. The van der Waals surface area contributed by atoms with Crippen LogP contribution in [0.1, 0.15) is 31.0 Å². The summed E-state index contributed by atoms with van der Waals surface area (Å²) in [5, 5.41) is 3.16. The van der Waals surface area contributed by atoms with E-state index in [9.17, 15) is 21.6 Å². The first kappa shape index (κ1) is 15.3. The van der Waals surface area contributed by atoms with E-state index in [1.54, 1.807) is 13.8 Å². The maximum Gasteiger partial charge on any atom is 0.416 e. The van der Waals surface area contributed by atoms with Crippen molar-refractivity contribution in [3.8, 4) is 0 Å². The molecule has 1 aliphatic heterocycles. The number of rotatable bonds is 1. The molecule has 1 N–H and O–H groups in total. The maximum absolute atomic E-state index is 12.5. The first-order valence-electron chi connectivity index (χ1n) is 6.14. The number of benzene rings is 1. The molecule has 2 rings (SSSR count). The number of hydrogen-bond donors (Lipinski definition) is 1. The summed E-state index contributed by atoms with van der Waals surface area (Å²) in [5.74, 6) is -0.0705. The summed E-state index contributed by atoms with van der Waals surface area (Å²) < 4.78 is 61.2. The fraction of sp³-hybridized carbons (Fsp3) is 0.538. The topological polar surface area (TPSA) is 46.2 Å².